The number of carboxylic acid groups (broad SMARTS) is 1. The predicted molar refractivity (Wildman–Crippen MR) is 48.3 cm³/mol. The molecule has 1 aromatic rings. The Morgan fingerprint density at radius 3 is 2.82 bits per heavy atom. The minimum absolute atomic E-state index is 0.193. The zero-order valence-electron chi connectivity index (χ0n) is 5.41. The monoisotopic (exact) mass is 264 g/mol. The van der Waals surface area contributed by atoms with Crippen LogP contribution in [0.4, 0.5) is 5.82 Å². The van der Waals surface area contributed by atoms with Crippen LogP contribution in [0.3, 0.4) is 0 Å². The lowest BCUT2D eigenvalue weighted by Gasteiger charge is -1.97. The molecule has 0 bridgehead atoms. The van der Waals surface area contributed by atoms with Crippen molar-refractivity contribution in [3.8, 4) is 0 Å². The molecule has 0 aliphatic rings. The second-order valence-corrected chi connectivity index (χ2v) is 3.06. The van der Waals surface area contributed by atoms with Gasteiger partial charge < -0.3 is 10.8 Å². The molecule has 1 heterocycles. The Balaban J connectivity index is 3.23. The average Bonchev–Trinajstić information content (AvgIpc) is 1.94. The highest BCUT2D eigenvalue weighted by Crippen LogP contribution is 2.12. The van der Waals surface area contributed by atoms with Crippen molar-refractivity contribution in [2.75, 3.05) is 5.73 Å². The second kappa shape index (κ2) is 3.04. The van der Waals surface area contributed by atoms with Crippen molar-refractivity contribution in [1.29, 1.82) is 0 Å². The van der Waals surface area contributed by atoms with E-state index in [4.69, 9.17) is 10.8 Å². The molecular formula is C6H5IN2O2. The molecule has 58 valence electrons. The molecule has 0 radical (unpaired) electrons. The number of carboxylic acids is 1. The van der Waals surface area contributed by atoms with Crippen LogP contribution in [0.2, 0.25) is 0 Å². The van der Waals surface area contributed by atoms with Crippen LogP contribution in [0.25, 0.3) is 0 Å². The highest BCUT2D eigenvalue weighted by atomic mass is 127. The van der Waals surface area contributed by atoms with Crippen molar-refractivity contribution in [2.24, 2.45) is 0 Å². The lowest BCUT2D eigenvalue weighted by molar-refractivity contribution is 0.0695. The first-order chi connectivity index (χ1) is 5.11. The van der Waals surface area contributed by atoms with Gasteiger partial charge in [0.25, 0.3) is 0 Å². The van der Waals surface area contributed by atoms with E-state index in [-0.39, 0.29) is 11.4 Å². The summed E-state index contributed by atoms with van der Waals surface area (Å²) in [6.45, 7) is 0. The van der Waals surface area contributed by atoms with Crippen molar-refractivity contribution in [3.05, 3.63) is 21.4 Å². The van der Waals surface area contributed by atoms with Gasteiger partial charge in [0.15, 0.2) is 0 Å². The maximum atomic E-state index is 10.5. The Hall–Kier alpha value is -0.850. The summed E-state index contributed by atoms with van der Waals surface area (Å²) in [6, 6.07) is 1.34. The summed E-state index contributed by atoms with van der Waals surface area (Å²) in [5.41, 5.74) is 5.48. The minimum atomic E-state index is -0.983. The topological polar surface area (TPSA) is 76.2 Å². The molecule has 4 nitrogen and oxygen atoms in total. The minimum Gasteiger partial charge on any atom is -0.478 e. The molecule has 0 aliphatic carbocycles. The van der Waals surface area contributed by atoms with Crippen molar-refractivity contribution < 1.29 is 9.90 Å². The highest BCUT2D eigenvalue weighted by Gasteiger charge is 2.07. The van der Waals surface area contributed by atoms with Gasteiger partial charge in [-0.1, -0.05) is 0 Å². The van der Waals surface area contributed by atoms with Gasteiger partial charge >= 0.3 is 5.97 Å². The fourth-order valence-electron chi connectivity index (χ4n) is 0.619. The number of nitrogen functional groups attached to an aromatic ring is 1. The molecule has 5 heteroatoms. The van der Waals surface area contributed by atoms with Crippen LogP contribution in [-0.4, -0.2) is 16.1 Å². The van der Waals surface area contributed by atoms with Gasteiger partial charge in [0.1, 0.15) is 5.82 Å². The van der Waals surface area contributed by atoms with Crippen molar-refractivity contribution in [2.45, 2.75) is 0 Å². The average molecular weight is 264 g/mol. The molecule has 0 fully saturated rings. The molecular weight excluding hydrogens is 259 g/mol. The van der Waals surface area contributed by atoms with Gasteiger partial charge in [0.05, 0.1) is 5.56 Å². The van der Waals surface area contributed by atoms with E-state index in [1.165, 1.54) is 12.3 Å². The first kappa shape index (κ1) is 8.25. The van der Waals surface area contributed by atoms with E-state index in [9.17, 15) is 4.79 Å². The summed E-state index contributed by atoms with van der Waals surface area (Å²) < 4.78 is 0.587. The Morgan fingerprint density at radius 1 is 1.73 bits per heavy atom. The zero-order chi connectivity index (χ0) is 8.43. The Kier molecular flexibility index (Phi) is 2.28. The number of aromatic nitrogens is 1. The number of anilines is 1. The highest BCUT2D eigenvalue weighted by molar-refractivity contribution is 14.1. The summed E-state index contributed by atoms with van der Waals surface area (Å²) in [5.74, 6) is -0.758. The SMILES string of the molecule is Nc1cc(C(=O)O)c(I)cn1. The van der Waals surface area contributed by atoms with Gasteiger partial charge in [0, 0.05) is 9.77 Å². The largest absolute Gasteiger partial charge is 0.478 e. The predicted octanol–water partition coefficient (Wildman–Crippen LogP) is 0.967. The fraction of sp³-hybridized carbons (Fsp3) is 0. The molecule has 3 N–H and O–H groups in total. The molecule has 1 rings (SSSR count). The third-order valence-corrected chi connectivity index (χ3v) is 1.97. The number of rotatable bonds is 1. The number of nitrogens with two attached hydrogens (primary N) is 1. The zero-order valence-corrected chi connectivity index (χ0v) is 7.57. The van der Waals surface area contributed by atoms with Crippen LogP contribution in [0.1, 0.15) is 10.4 Å². The van der Waals surface area contributed by atoms with E-state index in [2.05, 4.69) is 4.98 Å². The lowest BCUT2D eigenvalue weighted by Crippen LogP contribution is -2.02. The van der Waals surface area contributed by atoms with Crippen LogP contribution in [0.5, 0.6) is 0 Å². The Labute approximate surface area is 76.6 Å². The molecule has 0 saturated heterocycles. The molecule has 0 aromatic carbocycles. The molecule has 11 heavy (non-hydrogen) atoms. The van der Waals surface area contributed by atoms with Crippen LogP contribution in [-0.2, 0) is 0 Å². The molecule has 0 spiro atoms. The van der Waals surface area contributed by atoms with E-state index in [0.29, 0.717) is 3.57 Å². The molecule has 0 atom stereocenters. The van der Waals surface area contributed by atoms with Crippen LogP contribution >= 0.6 is 22.6 Å². The van der Waals surface area contributed by atoms with Crippen LogP contribution in [0.15, 0.2) is 12.3 Å². The normalized spacial score (nSPS) is 9.55. The molecule has 0 saturated carbocycles. The first-order valence-corrected chi connectivity index (χ1v) is 3.83. The number of hydrogen-bond acceptors (Lipinski definition) is 3. The Morgan fingerprint density at radius 2 is 2.36 bits per heavy atom. The van der Waals surface area contributed by atoms with Gasteiger partial charge in [-0.05, 0) is 28.7 Å². The van der Waals surface area contributed by atoms with Crippen LogP contribution in [0, 0.1) is 3.57 Å². The summed E-state index contributed by atoms with van der Waals surface area (Å²) in [7, 11) is 0. The smallest absolute Gasteiger partial charge is 0.336 e. The van der Waals surface area contributed by atoms with Crippen LogP contribution < -0.4 is 5.73 Å². The van der Waals surface area contributed by atoms with Crippen molar-refractivity contribution >= 4 is 34.4 Å². The lowest BCUT2D eigenvalue weighted by atomic mass is 10.3. The van der Waals surface area contributed by atoms with Gasteiger partial charge in [-0.2, -0.15) is 0 Å². The standard InChI is InChI=1S/C6H5IN2O2/c7-4-2-9-5(8)1-3(4)6(10)11/h1-2H,(H2,8,9)(H,10,11). The third kappa shape index (κ3) is 1.79. The molecule has 0 amide bonds. The van der Waals surface area contributed by atoms with Gasteiger partial charge in [0.2, 0.25) is 0 Å². The third-order valence-electron chi connectivity index (χ3n) is 1.11. The van der Waals surface area contributed by atoms with E-state index in [1.807, 2.05) is 22.6 Å². The summed E-state index contributed by atoms with van der Waals surface area (Å²) in [4.78, 5) is 14.2. The van der Waals surface area contributed by atoms with E-state index < -0.39 is 5.97 Å². The number of carbonyl (C=O) groups is 1. The fourth-order valence-corrected chi connectivity index (χ4v) is 1.14. The maximum Gasteiger partial charge on any atom is 0.336 e. The number of hydrogen-bond donors (Lipinski definition) is 2. The number of halogens is 1. The second-order valence-electron chi connectivity index (χ2n) is 1.89. The Bertz CT molecular complexity index is 301. The first-order valence-electron chi connectivity index (χ1n) is 2.75. The van der Waals surface area contributed by atoms with E-state index >= 15 is 0 Å². The maximum absolute atomic E-state index is 10.5. The molecule has 0 aliphatic heterocycles. The summed E-state index contributed by atoms with van der Waals surface area (Å²) >= 11 is 1.89. The van der Waals surface area contributed by atoms with Gasteiger partial charge in [-0.15, -0.1) is 0 Å². The number of aromatic carboxylic acids is 1. The van der Waals surface area contributed by atoms with Gasteiger partial charge in [-0.3, -0.25) is 0 Å². The molecule has 1 aromatic heterocycles. The summed E-state index contributed by atoms with van der Waals surface area (Å²) in [6.07, 6.45) is 1.43. The molecule has 0 unspecified atom stereocenters. The number of pyridine rings is 1. The van der Waals surface area contributed by atoms with E-state index in [0.717, 1.165) is 0 Å². The van der Waals surface area contributed by atoms with E-state index in [1.54, 1.807) is 0 Å². The van der Waals surface area contributed by atoms with Crippen molar-refractivity contribution in [1.82, 2.24) is 4.98 Å². The van der Waals surface area contributed by atoms with Crippen molar-refractivity contribution in [3.63, 3.8) is 0 Å². The van der Waals surface area contributed by atoms with Gasteiger partial charge in [-0.25, -0.2) is 9.78 Å². The summed E-state index contributed by atoms with van der Waals surface area (Å²) in [5, 5.41) is 8.60. The number of nitrogens with zero attached hydrogens (tertiary/aromatic N) is 1. The quantitative estimate of drug-likeness (QED) is 0.741.